The molecule has 10 N–H and O–H groups in total. The Labute approximate surface area is 392 Å². The minimum absolute atomic E-state index is 0.0473. The Morgan fingerprint density at radius 3 is 2.18 bits per heavy atom. The average molecular weight is 963 g/mol. The number of rotatable bonds is 13. The van der Waals surface area contributed by atoms with Crippen LogP contribution in [0.2, 0.25) is 0 Å². The molecule has 4 saturated carbocycles. The summed E-state index contributed by atoms with van der Waals surface area (Å²) in [5, 5.41) is 111. The van der Waals surface area contributed by atoms with Crippen molar-refractivity contribution in [2.45, 2.75) is 221 Å². The largest absolute Gasteiger partial charge is 0.466 e. The van der Waals surface area contributed by atoms with Gasteiger partial charge in [0.1, 0.15) is 66.6 Å². The van der Waals surface area contributed by atoms with E-state index in [1.807, 2.05) is 20.8 Å². The monoisotopic (exact) mass is 963 g/mol. The highest BCUT2D eigenvalue weighted by molar-refractivity contribution is 5.65. The lowest BCUT2D eigenvalue weighted by atomic mass is 9.42. The fourth-order valence-corrected chi connectivity index (χ4v) is 14.3. The summed E-state index contributed by atoms with van der Waals surface area (Å²) in [4.78, 5) is 11.4. The molecule has 386 valence electrons. The van der Waals surface area contributed by atoms with E-state index in [1.165, 1.54) is 13.8 Å². The van der Waals surface area contributed by atoms with E-state index >= 15 is 0 Å². The van der Waals surface area contributed by atoms with Gasteiger partial charge in [0, 0.05) is 38.2 Å². The minimum atomic E-state index is -1.77. The molecule has 0 amide bonds. The van der Waals surface area contributed by atoms with E-state index in [0.717, 1.165) is 12.8 Å². The van der Waals surface area contributed by atoms with Crippen LogP contribution in [0.25, 0.3) is 0 Å². The smallest absolute Gasteiger partial charge is 0.302 e. The molecule has 0 aromatic rings. The number of aliphatic hydroxyl groups is 10. The van der Waals surface area contributed by atoms with Crippen LogP contribution in [0.3, 0.4) is 0 Å². The predicted octanol–water partition coefficient (Wildman–Crippen LogP) is -0.658. The minimum Gasteiger partial charge on any atom is -0.466 e. The van der Waals surface area contributed by atoms with Crippen LogP contribution < -0.4 is 0 Å². The Balaban J connectivity index is 0.988. The molecule has 0 radical (unpaired) electrons. The Hall–Kier alpha value is -1.25. The van der Waals surface area contributed by atoms with Crippen molar-refractivity contribution in [3.05, 3.63) is 0 Å². The number of hydrogen-bond acceptors (Lipinski definition) is 20. The van der Waals surface area contributed by atoms with Gasteiger partial charge in [0.05, 0.1) is 43.7 Å². The van der Waals surface area contributed by atoms with Gasteiger partial charge < -0.3 is 93.7 Å². The molecule has 4 aliphatic carbocycles. The zero-order chi connectivity index (χ0) is 48.8. The molecule has 8 rings (SSSR count). The Morgan fingerprint density at radius 1 is 0.791 bits per heavy atom. The summed E-state index contributed by atoms with van der Waals surface area (Å²) < 4.78 is 54.7. The standard InChI is InChI=1S/C47H78O20/c1-21(19-60-24(4)49)10-15-46(59-7)23(3)47(58)31(67-46)17-45(57)28-9-8-25-16-26(11-13-43(25,5)27(28)12-14-44(45,47)6)63-42-39(66-41-37(56)35(54)32(51)22(2)62-41)38(34(53)30(18-48)64-42)65-40-36(55)33(52)29(50)20-61-40/h21-23,25-42,48,50-58H,8-20H2,1-7H3/t21-,22+,23-,25+,26+,27+,28-,29+,30-,31+,32+,33+,34-,35-,36-,37-,38+,39-,40+,41+,42-,43+,44+,45-,46-,47-/m1/s1. The number of ether oxygens (including phenoxy) is 9. The van der Waals surface area contributed by atoms with Gasteiger partial charge in [-0.1, -0.05) is 27.7 Å². The van der Waals surface area contributed by atoms with Crippen molar-refractivity contribution in [1.82, 2.24) is 0 Å². The van der Waals surface area contributed by atoms with Gasteiger partial charge in [-0.25, -0.2) is 0 Å². The molecule has 0 spiro atoms. The van der Waals surface area contributed by atoms with Gasteiger partial charge in [-0.2, -0.15) is 0 Å². The van der Waals surface area contributed by atoms with Crippen LogP contribution in [-0.4, -0.2) is 199 Å². The third-order valence-electron chi connectivity index (χ3n) is 18.6. The molecular formula is C47H78O20. The third-order valence-corrected chi connectivity index (χ3v) is 18.6. The molecule has 8 fully saturated rings. The second-order valence-corrected chi connectivity index (χ2v) is 22.0. The summed E-state index contributed by atoms with van der Waals surface area (Å²) >= 11 is 0. The van der Waals surface area contributed by atoms with Crippen molar-refractivity contribution >= 4 is 5.97 Å². The van der Waals surface area contributed by atoms with Crippen LogP contribution in [0.15, 0.2) is 0 Å². The van der Waals surface area contributed by atoms with Crippen molar-refractivity contribution < 1.29 is 98.5 Å². The highest BCUT2D eigenvalue weighted by Crippen LogP contribution is 2.74. The first-order chi connectivity index (χ1) is 31.5. The van der Waals surface area contributed by atoms with Gasteiger partial charge in [-0.05, 0) is 87.4 Å². The summed E-state index contributed by atoms with van der Waals surface area (Å²) in [6.07, 6.45) is -16.3. The lowest BCUT2D eigenvalue weighted by molar-refractivity contribution is -0.391. The topological polar surface area (TPSA) is 302 Å². The van der Waals surface area contributed by atoms with Gasteiger partial charge in [0.15, 0.2) is 24.7 Å². The van der Waals surface area contributed by atoms with E-state index in [9.17, 15) is 55.9 Å². The van der Waals surface area contributed by atoms with Crippen LogP contribution in [-0.2, 0) is 47.4 Å². The lowest BCUT2D eigenvalue weighted by Crippen LogP contribution is -2.67. The highest BCUT2D eigenvalue weighted by Gasteiger charge is 2.81. The van der Waals surface area contributed by atoms with E-state index < -0.39 is 140 Å². The van der Waals surface area contributed by atoms with Gasteiger partial charge in [-0.3, -0.25) is 4.79 Å². The molecule has 4 aliphatic heterocycles. The van der Waals surface area contributed by atoms with Crippen molar-refractivity contribution in [3.8, 4) is 0 Å². The molecule has 26 atom stereocenters. The SMILES string of the molecule is CO[C@]1(CC[C@@H](C)COC(C)=O)O[C@H]2C[C@@]3(O)[C@@H]4CC[C@H]5C[C@@H](O[C@@H]6O[C@H](CO)[C@@H](O)[C@H](O[C@@H]7OC[C@H](O)[C@H](O)[C@H]7O)[C@H]6O[C@@H]6O[C@@H](C)[C@H](O)[C@@H](O)[C@H]6O)CC[C@]5(C)[C@H]4CC[C@]3(C)[C@@]2(O)[C@@H]1C. The van der Waals surface area contributed by atoms with Crippen LogP contribution in [0.4, 0.5) is 0 Å². The molecule has 0 aromatic heterocycles. The molecular weight excluding hydrogens is 884 g/mol. The van der Waals surface area contributed by atoms with E-state index in [4.69, 9.17) is 42.6 Å². The summed E-state index contributed by atoms with van der Waals surface area (Å²) in [6.45, 7) is 10.3. The second-order valence-electron chi connectivity index (χ2n) is 22.0. The average Bonchev–Trinajstić information content (AvgIpc) is 3.62. The van der Waals surface area contributed by atoms with Crippen LogP contribution >= 0.6 is 0 Å². The number of aliphatic hydroxyl groups excluding tert-OH is 8. The molecule has 4 saturated heterocycles. The van der Waals surface area contributed by atoms with Crippen molar-refractivity contribution in [1.29, 1.82) is 0 Å². The molecule has 0 aromatic carbocycles. The number of fused-ring (bicyclic) bond motifs is 7. The van der Waals surface area contributed by atoms with Gasteiger partial charge in [0.25, 0.3) is 0 Å². The normalized spacial score (nSPS) is 54.6. The number of esters is 1. The number of carbonyl (C=O) groups is 1. The molecule has 20 nitrogen and oxygen atoms in total. The molecule has 67 heavy (non-hydrogen) atoms. The quantitative estimate of drug-likeness (QED) is 0.0810. The molecule has 0 unspecified atom stereocenters. The lowest BCUT2D eigenvalue weighted by Gasteiger charge is -2.64. The van der Waals surface area contributed by atoms with Crippen molar-refractivity contribution in [3.63, 3.8) is 0 Å². The summed E-state index contributed by atoms with van der Waals surface area (Å²) in [7, 11) is 1.60. The zero-order valence-electron chi connectivity index (χ0n) is 39.9. The summed E-state index contributed by atoms with van der Waals surface area (Å²) in [5.74, 6) is -1.69. The first-order valence-corrected chi connectivity index (χ1v) is 24.6. The Morgan fingerprint density at radius 2 is 1.49 bits per heavy atom. The summed E-state index contributed by atoms with van der Waals surface area (Å²) in [5.41, 5.74) is -3.70. The first kappa shape index (κ1) is 52.1. The highest BCUT2D eigenvalue weighted by atomic mass is 16.8. The van der Waals surface area contributed by atoms with E-state index in [0.29, 0.717) is 44.9 Å². The third kappa shape index (κ3) is 8.54. The fourth-order valence-electron chi connectivity index (χ4n) is 14.3. The van der Waals surface area contributed by atoms with E-state index in [1.54, 1.807) is 7.11 Å². The molecule has 0 bridgehead atoms. The second kappa shape index (κ2) is 19.3. The number of hydrogen-bond donors (Lipinski definition) is 10. The maximum atomic E-state index is 13.2. The maximum absolute atomic E-state index is 13.2. The van der Waals surface area contributed by atoms with Crippen LogP contribution in [0.5, 0.6) is 0 Å². The van der Waals surface area contributed by atoms with E-state index in [-0.39, 0.29) is 48.1 Å². The molecule has 4 heterocycles. The van der Waals surface area contributed by atoms with Gasteiger partial charge in [-0.15, -0.1) is 0 Å². The fraction of sp³-hybridized carbons (Fsp3) is 0.979. The summed E-state index contributed by atoms with van der Waals surface area (Å²) in [6, 6.07) is 0. The van der Waals surface area contributed by atoms with Gasteiger partial charge in [0.2, 0.25) is 0 Å². The molecule has 8 aliphatic rings. The van der Waals surface area contributed by atoms with Gasteiger partial charge >= 0.3 is 5.97 Å². The number of methoxy groups -OCH3 is 1. The predicted molar refractivity (Wildman–Crippen MR) is 229 cm³/mol. The van der Waals surface area contributed by atoms with Crippen LogP contribution in [0.1, 0.15) is 106 Å². The number of carbonyl (C=O) groups excluding carboxylic acids is 1. The van der Waals surface area contributed by atoms with E-state index in [2.05, 4.69) is 6.92 Å². The Bertz CT molecular complexity index is 1730. The van der Waals surface area contributed by atoms with Crippen LogP contribution in [0, 0.1) is 40.4 Å². The van der Waals surface area contributed by atoms with Crippen molar-refractivity contribution in [2.24, 2.45) is 40.4 Å². The molecule has 20 heteroatoms. The Kier molecular flexibility index (Phi) is 15.0. The zero-order valence-corrected chi connectivity index (χ0v) is 39.9. The maximum Gasteiger partial charge on any atom is 0.302 e. The van der Waals surface area contributed by atoms with Crippen molar-refractivity contribution in [2.75, 3.05) is 26.9 Å². The first-order valence-electron chi connectivity index (χ1n) is 24.6.